The molecule has 0 saturated heterocycles. The standard InChI is InChI=1S/C12H9BrClN5O/c1-20-9-3-2-7(13)4-8(9)17-11-5-10(14)18-12-15-6-16-19(11)12/h2-6,17H,1H3. The molecule has 1 N–H and O–H groups in total. The number of hydrogen-bond acceptors (Lipinski definition) is 5. The minimum absolute atomic E-state index is 0.335. The van der Waals surface area contributed by atoms with E-state index in [0.29, 0.717) is 22.5 Å². The third-order valence-corrected chi connectivity index (χ3v) is 3.33. The van der Waals surface area contributed by atoms with E-state index in [-0.39, 0.29) is 0 Å². The van der Waals surface area contributed by atoms with E-state index in [1.807, 2.05) is 18.2 Å². The summed E-state index contributed by atoms with van der Waals surface area (Å²) in [7, 11) is 1.61. The van der Waals surface area contributed by atoms with Crippen LogP contribution in [-0.4, -0.2) is 26.7 Å². The van der Waals surface area contributed by atoms with Crippen LogP contribution in [0.25, 0.3) is 5.78 Å². The molecule has 6 nitrogen and oxygen atoms in total. The summed E-state index contributed by atoms with van der Waals surface area (Å²) in [5.74, 6) is 1.78. The van der Waals surface area contributed by atoms with Crippen LogP contribution < -0.4 is 10.1 Å². The van der Waals surface area contributed by atoms with Gasteiger partial charge in [0.2, 0.25) is 0 Å². The lowest BCUT2D eigenvalue weighted by molar-refractivity contribution is 0.416. The van der Waals surface area contributed by atoms with E-state index in [1.54, 1.807) is 17.7 Å². The molecule has 0 aliphatic heterocycles. The second-order valence-corrected chi connectivity index (χ2v) is 5.21. The fraction of sp³-hybridized carbons (Fsp3) is 0.0833. The van der Waals surface area contributed by atoms with Gasteiger partial charge in [0, 0.05) is 10.5 Å². The second-order valence-electron chi connectivity index (χ2n) is 3.91. The topological polar surface area (TPSA) is 64.3 Å². The van der Waals surface area contributed by atoms with Gasteiger partial charge in [-0.25, -0.2) is 0 Å². The molecule has 0 spiro atoms. The van der Waals surface area contributed by atoms with E-state index in [0.717, 1.165) is 10.2 Å². The maximum absolute atomic E-state index is 5.98. The Hall–Kier alpha value is -1.86. The molecule has 0 unspecified atom stereocenters. The number of nitrogens with one attached hydrogen (secondary N) is 1. The second kappa shape index (κ2) is 5.26. The number of fused-ring (bicyclic) bond motifs is 1. The van der Waals surface area contributed by atoms with Gasteiger partial charge >= 0.3 is 0 Å². The number of rotatable bonds is 3. The largest absolute Gasteiger partial charge is 0.495 e. The Morgan fingerprint density at radius 1 is 1.35 bits per heavy atom. The molecule has 102 valence electrons. The predicted molar refractivity (Wildman–Crippen MR) is 79.8 cm³/mol. The van der Waals surface area contributed by atoms with Crippen LogP contribution in [0.4, 0.5) is 11.5 Å². The highest BCUT2D eigenvalue weighted by molar-refractivity contribution is 9.10. The number of hydrogen-bond donors (Lipinski definition) is 1. The fourth-order valence-electron chi connectivity index (χ4n) is 1.79. The first-order valence-electron chi connectivity index (χ1n) is 5.64. The van der Waals surface area contributed by atoms with Gasteiger partial charge in [0.1, 0.15) is 23.0 Å². The lowest BCUT2D eigenvalue weighted by Gasteiger charge is -2.12. The van der Waals surface area contributed by atoms with Gasteiger partial charge in [0.25, 0.3) is 5.78 Å². The number of ether oxygens (including phenoxy) is 1. The first-order valence-corrected chi connectivity index (χ1v) is 6.81. The quantitative estimate of drug-likeness (QED) is 0.731. The first-order chi connectivity index (χ1) is 9.67. The van der Waals surface area contributed by atoms with E-state index in [1.165, 1.54) is 6.33 Å². The number of methoxy groups -OCH3 is 1. The molecule has 0 amide bonds. The summed E-state index contributed by atoms with van der Waals surface area (Å²) in [6, 6.07) is 7.32. The summed E-state index contributed by atoms with van der Waals surface area (Å²) in [5.41, 5.74) is 0.779. The van der Waals surface area contributed by atoms with Crippen LogP contribution in [0.15, 0.2) is 35.1 Å². The SMILES string of the molecule is COc1ccc(Br)cc1Nc1cc(Cl)nc2ncnn12. The van der Waals surface area contributed by atoms with Gasteiger partial charge < -0.3 is 10.1 Å². The molecule has 8 heteroatoms. The number of benzene rings is 1. The molecular weight excluding hydrogens is 346 g/mol. The van der Waals surface area contributed by atoms with Gasteiger partial charge in [-0.15, -0.1) is 0 Å². The molecule has 0 bridgehead atoms. The highest BCUT2D eigenvalue weighted by Gasteiger charge is 2.10. The van der Waals surface area contributed by atoms with Gasteiger partial charge in [-0.1, -0.05) is 27.5 Å². The van der Waals surface area contributed by atoms with Crippen molar-refractivity contribution < 1.29 is 4.74 Å². The molecule has 3 rings (SSSR count). The van der Waals surface area contributed by atoms with Crippen LogP contribution in [0.5, 0.6) is 5.75 Å². The lowest BCUT2D eigenvalue weighted by Crippen LogP contribution is -2.02. The Kier molecular flexibility index (Phi) is 3.45. The van der Waals surface area contributed by atoms with E-state index >= 15 is 0 Å². The molecule has 0 aliphatic carbocycles. The van der Waals surface area contributed by atoms with Crippen LogP contribution in [-0.2, 0) is 0 Å². The zero-order valence-corrected chi connectivity index (χ0v) is 12.7. The van der Waals surface area contributed by atoms with Crippen LogP contribution in [0.1, 0.15) is 0 Å². The van der Waals surface area contributed by atoms with Gasteiger partial charge in [-0.3, -0.25) is 0 Å². The van der Waals surface area contributed by atoms with Crippen molar-refractivity contribution >= 4 is 44.8 Å². The smallest absolute Gasteiger partial charge is 0.255 e. The monoisotopic (exact) mass is 353 g/mol. The fourth-order valence-corrected chi connectivity index (χ4v) is 2.33. The Balaban J connectivity index is 2.09. The molecule has 2 aromatic heterocycles. The molecule has 0 aliphatic rings. The van der Waals surface area contributed by atoms with Crippen LogP contribution >= 0.6 is 27.5 Å². The van der Waals surface area contributed by atoms with Crippen molar-refractivity contribution in [1.82, 2.24) is 19.6 Å². The minimum Gasteiger partial charge on any atom is -0.495 e. The van der Waals surface area contributed by atoms with Crippen molar-refractivity contribution in [1.29, 1.82) is 0 Å². The summed E-state index contributed by atoms with van der Waals surface area (Å²) >= 11 is 9.41. The number of aromatic nitrogens is 4. The average Bonchev–Trinajstić information content (AvgIpc) is 2.87. The van der Waals surface area contributed by atoms with Crippen molar-refractivity contribution in [2.45, 2.75) is 0 Å². The molecule has 0 fully saturated rings. The maximum atomic E-state index is 5.98. The van der Waals surface area contributed by atoms with E-state index in [4.69, 9.17) is 16.3 Å². The third kappa shape index (κ3) is 2.41. The highest BCUT2D eigenvalue weighted by atomic mass is 79.9. The molecule has 2 heterocycles. The first kappa shape index (κ1) is 13.1. The minimum atomic E-state index is 0.335. The van der Waals surface area contributed by atoms with Gasteiger partial charge in [0.05, 0.1) is 12.8 Å². The predicted octanol–water partition coefficient (Wildman–Crippen LogP) is 3.29. The van der Waals surface area contributed by atoms with E-state index in [9.17, 15) is 0 Å². The molecular formula is C12H9BrClN5O. The zero-order valence-electron chi connectivity index (χ0n) is 10.3. The maximum Gasteiger partial charge on any atom is 0.255 e. The summed E-state index contributed by atoms with van der Waals surface area (Å²) in [6.07, 6.45) is 1.42. The molecule has 1 aromatic carbocycles. The summed E-state index contributed by atoms with van der Waals surface area (Å²) in [6.45, 7) is 0. The average molecular weight is 355 g/mol. The van der Waals surface area contributed by atoms with E-state index < -0.39 is 0 Å². The van der Waals surface area contributed by atoms with Crippen LogP contribution in [0.3, 0.4) is 0 Å². The van der Waals surface area contributed by atoms with Crippen molar-refractivity contribution in [3.05, 3.63) is 40.2 Å². The van der Waals surface area contributed by atoms with E-state index in [2.05, 4.69) is 36.3 Å². The Bertz CT molecular complexity index is 776. The molecule has 0 atom stereocenters. The van der Waals surface area contributed by atoms with Crippen molar-refractivity contribution in [2.75, 3.05) is 12.4 Å². The van der Waals surface area contributed by atoms with Gasteiger partial charge in [0.15, 0.2) is 0 Å². The third-order valence-electron chi connectivity index (χ3n) is 2.64. The Morgan fingerprint density at radius 2 is 2.20 bits per heavy atom. The number of nitrogens with zero attached hydrogens (tertiary/aromatic N) is 4. The number of anilines is 2. The van der Waals surface area contributed by atoms with Crippen molar-refractivity contribution in [3.8, 4) is 5.75 Å². The Labute approximate surface area is 127 Å². The highest BCUT2D eigenvalue weighted by Crippen LogP contribution is 2.31. The van der Waals surface area contributed by atoms with Gasteiger partial charge in [-0.05, 0) is 18.2 Å². The normalized spacial score (nSPS) is 10.8. The zero-order chi connectivity index (χ0) is 14.1. The lowest BCUT2D eigenvalue weighted by atomic mass is 10.3. The van der Waals surface area contributed by atoms with Crippen molar-refractivity contribution in [3.63, 3.8) is 0 Å². The van der Waals surface area contributed by atoms with Crippen molar-refractivity contribution in [2.24, 2.45) is 0 Å². The summed E-state index contributed by atoms with van der Waals surface area (Å²) in [5, 5.41) is 7.65. The summed E-state index contributed by atoms with van der Waals surface area (Å²) in [4.78, 5) is 8.09. The molecule has 0 saturated carbocycles. The molecule has 20 heavy (non-hydrogen) atoms. The molecule has 0 radical (unpaired) electrons. The van der Waals surface area contributed by atoms with Crippen LogP contribution in [0.2, 0.25) is 5.15 Å². The summed E-state index contributed by atoms with van der Waals surface area (Å²) < 4.78 is 7.81. The molecule has 3 aromatic rings. The van der Waals surface area contributed by atoms with Gasteiger partial charge in [-0.2, -0.15) is 19.6 Å². The number of halogens is 2. The van der Waals surface area contributed by atoms with Crippen LogP contribution in [0, 0.1) is 0 Å². The Morgan fingerprint density at radius 3 is 3.00 bits per heavy atom.